The van der Waals surface area contributed by atoms with Gasteiger partial charge in [-0.1, -0.05) is 18.2 Å². The lowest BCUT2D eigenvalue weighted by Crippen LogP contribution is -2.38. The molecule has 7 heteroatoms. The molecule has 2 amide bonds. The van der Waals surface area contributed by atoms with Crippen LogP contribution in [0.1, 0.15) is 45.2 Å². The lowest BCUT2D eigenvalue weighted by atomic mass is 10.1. The largest absolute Gasteiger partial charge is 0.493 e. The van der Waals surface area contributed by atoms with Crippen LogP contribution >= 0.6 is 0 Å². The Morgan fingerprint density at radius 1 is 1.10 bits per heavy atom. The van der Waals surface area contributed by atoms with Crippen molar-refractivity contribution in [3.05, 3.63) is 48.0 Å². The molecular formula is C24H30N2O5. The first-order valence-electron chi connectivity index (χ1n) is 10.5. The molecule has 1 aliphatic rings. The average Bonchev–Trinajstić information content (AvgIpc) is 2.76. The maximum atomic E-state index is 12.7. The highest BCUT2D eigenvalue weighted by atomic mass is 16.5. The van der Waals surface area contributed by atoms with E-state index in [-0.39, 0.29) is 36.8 Å². The number of amides is 2. The van der Waals surface area contributed by atoms with E-state index in [1.54, 1.807) is 12.0 Å². The second-order valence-electron chi connectivity index (χ2n) is 7.73. The number of nitrogens with one attached hydrogen (secondary N) is 1. The van der Waals surface area contributed by atoms with Crippen molar-refractivity contribution in [1.29, 1.82) is 0 Å². The molecule has 1 unspecified atom stereocenters. The lowest BCUT2D eigenvalue weighted by Gasteiger charge is -2.29. The average molecular weight is 427 g/mol. The van der Waals surface area contributed by atoms with Gasteiger partial charge in [-0.15, -0.1) is 0 Å². The third-order valence-electron chi connectivity index (χ3n) is 5.02. The fraction of sp³-hybridized carbons (Fsp3) is 0.417. The summed E-state index contributed by atoms with van der Waals surface area (Å²) in [5.41, 5.74) is 1.65. The van der Waals surface area contributed by atoms with Gasteiger partial charge in [-0.2, -0.15) is 0 Å². The van der Waals surface area contributed by atoms with Gasteiger partial charge >= 0.3 is 0 Å². The van der Waals surface area contributed by atoms with Crippen LogP contribution in [0, 0.1) is 0 Å². The minimum atomic E-state index is -0.228. The number of hydrogen-bond acceptors (Lipinski definition) is 5. The van der Waals surface area contributed by atoms with Crippen molar-refractivity contribution < 1.29 is 23.8 Å². The van der Waals surface area contributed by atoms with Crippen molar-refractivity contribution in [1.82, 2.24) is 5.32 Å². The molecule has 1 aliphatic heterocycles. The summed E-state index contributed by atoms with van der Waals surface area (Å²) in [6.07, 6.45) is 0.291. The van der Waals surface area contributed by atoms with Gasteiger partial charge in [0.1, 0.15) is 12.4 Å². The number of rotatable bonds is 8. The van der Waals surface area contributed by atoms with Crippen LogP contribution in [0.2, 0.25) is 0 Å². The summed E-state index contributed by atoms with van der Waals surface area (Å²) < 4.78 is 16.7. The summed E-state index contributed by atoms with van der Waals surface area (Å²) in [6, 6.07) is 12.8. The Bertz CT molecular complexity index is 928. The second-order valence-corrected chi connectivity index (χ2v) is 7.73. The van der Waals surface area contributed by atoms with Crippen LogP contribution in [0.15, 0.2) is 42.5 Å². The van der Waals surface area contributed by atoms with Crippen molar-refractivity contribution >= 4 is 17.5 Å². The van der Waals surface area contributed by atoms with Gasteiger partial charge < -0.3 is 24.4 Å². The molecule has 0 saturated carbocycles. The molecule has 0 aromatic heterocycles. The number of fused-ring (bicyclic) bond motifs is 1. The van der Waals surface area contributed by atoms with E-state index < -0.39 is 0 Å². The molecule has 2 aromatic rings. The van der Waals surface area contributed by atoms with E-state index in [9.17, 15) is 9.59 Å². The van der Waals surface area contributed by atoms with Gasteiger partial charge in [-0.25, -0.2) is 0 Å². The summed E-state index contributed by atoms with van der Waals surface area (Å²) in [5.74, 6) is 1.71. The molecule has 2 aromatic carbocycles. The Morgan fingerprint density at radius 3 is 2.61 bits per heavy atom. The third-order valence-corrected chi connectivity index (χ3v) is 5.02. The van der Waals surface area contributed by atoms with Crippen LogP contribution in [0.4, 0.5) is 5.69 Å². The van der Waals surface area contributed by atoms with Crippen LogP contribution < -0.4 is 24.4 Å². The SMILES string of the molecule is COc1cc(C(C)NC(=O)CCC(=O)N2CCOc3ccccc32)ccc1OC(C)C. The number of para-hydroxylation sites is 2. The fourth-order valence-corrected chi connectivity index (χ4v) is 3.49. The monoisotopic (exact) mass is 426 g/mol. The van der Waals surface area contributed by atoms with Crippen molar-refractivity contribution in [2.75, 3.05) is 25.2 Å². The van der Waals surface area contributed by atoms with E-state index in [2.05, 4.69) is 5.32 Å². The Balaban J connectivity index is 1.56. The van der Waals surface area contributed by atoms with E-state index in [1.807, 2.05) is 63.2 Å². The highest BCUT2D eigenvalue weighted by Gasteiger charge is 2.24. The molecule has 0 fully saturated rings. The number of ether oxygens (including phenoxy) is 3. The number of nitrogens with zero attached hydrogens (tertiary/aromatic N) is 1. The number of carbonyl (C=O) groups is 2. The Morgan fingerprint density at radius 2 is 1.87 bits per heavy atom. The van der Waals surface area contributed by atoms with Crippen LogP contribution in [0.5, 0.6) is 17.2 Å². The maximum Gasteiger partial charge on any atom is 0.227 e. The van der Waals surface area contributed by atoms with Gasteiger partial charge in [0, 0.05) is 12.8 Å². The van der Waals surface area contributed by atoms with Gasteiger partial charge in [0.05, 0.1) is 31.5 Å². The van der Waals surface area contributed by atoms with Crippen molar-refractivity contribution in [3.8, 4) is 17.2 Å². The molecule has 0 saturated heterocycles. The topological polar surface area (TPSA) is 77.1 Å². The molecule has 0 radical (unpaired) electrons. The fourth-order valence-electron chi connectivity index (χ4n) is 3.49. The van der Waals surface area contributed by atoms with Crippen LogP contribution in [0.25, 0.3) is 0 Å². The normalized spacial score (nSPS) is 13.8. The molecular weight excluding hydrogens is 396 g/mol. The summed E-state index contributed by atoms with van der Waals surface area (Å²) in [6.45, 7) is 6.73. The second kappa shape index (κ2) is 10.2. The number of hydrogen-bond donors (Lipinski definition) is 1. The van der Waals surface area contributed by atoms with Crippen molar-refractivity contribution in [2.24, 2.45) is 0 Å². The molecule has 1 N–H and O–H groups in total. The molecule has 3 rings (SSSR count). The highest BCUT2D eigenvalue weighted by Crippen LogP contribution is 2.32. The number of benzene rings is 2. The molecule has 7 nitrogen and oxygen atoms in total. The summed E-state index contributed by atoms with van der Waals surface area (Å²) in [5, 5.41) is 2.95. The molecule has 1 atom stereocenters. The smallest absolute Gasteiger partial charge is 0.227 e. The van der Waals surface area contributed by atoms with Gasteiger partial charge in [-0.3, -0.25) is 9.59 Å². The first-order valence-corrected chi connectivity index (χ1v) is 10.5. The minimum Gasteiger partial charge on any atom is -0.493 e. The van der Waals surface area contributed by atoms with Crippen LogP contribution in [-0.4, -0.2) is 38.2 Å². The first-order chi connectivity index (χ1) is 14.9. The summed E-state index contributed by atoms with van der Waals surface area (Å²) in [7, 11) is 1.59. The third kappa shape index (κ3) is 5.69. The Labute approximate surface area is 183 Å². The zero-order valence-electron chi connectivity index (χ0n) is 18.5. The Kier molecular flexibility index (Phi) is 7.39. The van der Waals surface area contributed by atoms with E-state index in [4.69, 9.17) is 14.2 Å². The molecule has 31 heavy (non-hydrogen) atoms. The highest BCUT2D eigenvalue weighted by molar-refractivity contribution is 5.97. The van der Waals surface area contributed by atoms with E-state index in [0.29, 0.717) is 30.4 Å². The lowest BCUT2D eigenvalue weighted by molar-refractivity contribution is -0.125. The van der Waals surface area contributed by atoms with Gasteiger partial charge in [-0.05, 0) is 50.6 Å². The zero-order chi connectivity index (χ0) is 22.4. The maximum absolute atomic E-state index is 12.7. The molecule has 0 spiro atoms. The molecule has 0 bridgehead atoms. The number of methoxy groups -OCH3 is 1. The van der Waals surface area contributed by atoms with Crippen molar-refractivity contribution in [3.63, 3.8) is 0 Å². The van der Waals surface area contributed by atoms with Gasteiger partial charge in [0.15, 0.2) is 11.5 Å². The van der Waals surface area contributed by atoms with E-state index in [0.717, 1.165) is 11.3 Å². The van der Waals surface area contributed by atoms with Crippen LogP contribution in [-0.2, 0) is 9.59 Å². The molecule has 0 aliphatic carbocycles. The standard InChI is InChI=1S/C24H30N2O5/c1-16(2)31-21-10-9-18(15-22(21)29-4)17(3)25-23(27)11-12-24(28)26-13-14-30-20-8-6-5-7-19(20)26/h5-10,15-17H,11-14H2,1-4H3,(H,25,27). The van der Waals surface area contributed by atoms with E-state index >= 15 is 0 Å². The minimum absolute atomic E-state index is 0.0350. The molecule has 166 valence electrons. The summed E-state index contributed by atoms with van der Waals surface area (Å²) >= 11 is 0. The van der Waals surface area contributed by atoms with E-state index in [1.165, 1.54) is 0 Å². The quantitative estimate of drug-likeness (QED) is 0.694. The van der Waals surface area contributed by atoms with Gasteiger partial charge in [0.2, 0.25) is 11.8 Å². The first kappa shape index (κ1) is 22.5. The Hall–Kier alpha value is -3.22. The van der Waals surface area contributed by atoms with Gasteiger partial charge in [0.25, 0.3) is 0 Å². The number of anilines is 1. The predicted octanol–water partition coefficient (Wildman–Crippen LogP) is 3.87. The molecule has 1 heterocycles. The number of carbonyl (C=O) groups excluding carboxylic acids is 2. The summed E-state index contributed by atoms with van der Waals surface area (Å²) in [4.78, 5) is 26.8. The predicted molar refractivity (Wildman–Crippen MR) is 119 cm³/mol. The van der Waals surface area contributed by atoms with Crippen LogP contribution in [0.3, 0.4) is 0 Å². The zero-order valence-corrected chi connectivity index (χ0v) is 18.5. The van der Waals surface area contributed by atoms with Crippen molar-refractivity contribution in [2.45, 2.75) is 45.8 Å².